The van der Waals surface area contributed by atoms with E-state index in [2.05, 4.69) is 27.7 Å². The zero-order valence-electron chi connectivity index (χ0n) is 42.6. The van der Waals surface area contributed by atoms with Crippen LogP contribution in [0, 0.1) is 0 Å². The van der Waals surface area contributed by atoms with E-state index in [1.54, 1.807) is 0 Å². The summed E-state index contributed by atoms with van der Waals surface area (Å²) < 4.78 is 1.49. The van der Waals surface area contributed by atoms with Crippen molar-refractivity contribution in [2.45, 2.75) is 349 Å². The summed E-state index contributed by atoms with van der Waals surface area (Å²) in [6, 6.07) is 0. The average Bonchev–Trinajstić information content (AvgIpc) is 3.24. The Balaban J connectivity index is 4.83. The van der Waals surface area contributed by atoms with Crippen LogP contribution in [0.3, 0.4) is 0 Å². The van der Waals surface area contributed by atoms with E-state index < -0.39 is 0 Å². The van der Waals surface area contributed by atoms with E-state index in [-0.39, 0.29) is 0 Å². The number of hydrogen-bond acceptors (Lipinski definition) is 0. The van der Waals surface area contributed by atoms with E-state index in [0.29, 0.717) is 0 Å². The lowest BCUT2D eigenvalue weighted by molar-refractivity contribution is -0.929. The molecule has 0 rings (SSSR count). The molecule has 0 aromatic heterocycles. The number of quaternary nitrogens is 1. The highest BCUT2D eigenvalue weighted by molar-refractivity contribution is 4.57. The van der Waals surface area contributed by atoms with E-state index in [4.69, 9.17) is 0 Å². The SMILES string of the molecule is CCCCCCCCCCCCCCCCCCC[N+](CCCCCCCCCCCCC)(CCCCCCCCCCCCC)CCCCCCCCCCCCC. The minimum absolute atomic E-state index is 1.37. The summed E-state index contributed by atoms with van der Waals surface area (Å²) in [6.07, 6.45) is 73.7. The van der Waals surface area contributed by atoms with Crippen molar-refractivity contribution in [2.24, 2.45) is 0 Å². The lowest BCUT2D eigenvalue weighted by Gasteiger charge is -2.40. The summed E-state index contributed by atoms with van der Waals surface area (Å²) in [6.45, 7) is 15.3. The first kappa shape index (κ1) is 59.0. The third kappa shape index (κ3) is 47.3. The summed E-state index contributed by atoms with van der Waals surface area (Å²) in [4.78, 5) is 0. The second kappa shape index (κ2) is 52.3. The second-order valence-corrected chi connectivity index (χ2v) is 20.5. The van der Waals surface area contributed by atoms with Gasteiger partial charge in [0.05, 0.1) is 26.2 Å². The Morgan fingerprint density at radius 1 is 0.136 bits per heavy atom. The van der Waals surface area contributed by atoms with Crippen LogP contribution in [0.4, 0.5) is 0 Å². The van der Waals surface area contributed by atoms with Gasteiger partial charge in [0.2, 0.25) is 0 Å². The van der Waals surface area contributed by atoms with Gasteiger partial charge in [-0.05, 0) is 51.4 Å². The summed E-state index contributed by atoms with van der Waals surface area (Å²) in [5.74, 6) is 0. The molecule has 0 radical (unpaired) electrons. The van der Waals surface area contributed by atoms with Crippen LogP contribution in [0.1, 0.15) is 349 Å². The first-order valence-electron chi connectivity index (χ1n) is 29.1. The lowest BCUT2D eigenvalue weighted by atomic mass is 10.0. The Kier molecular flexibility index (Phi) is 52.3. The third-order valence-electron chi connectivity index (χ3n) is 14.4. The van der Waals surface area contributed by atoms with Crippen molar-refractivity contribution in [3.05, 3.63) is 0 Å². The van der Waals surface area contributed by atoms with Gasteiger partial charge in [0, 0.05) is 0 Å². The lowest BCUT2D eigenvalue weighted by Crippen LogP contribution is -2.50. The molecule has 0 amide bonds. The van der Waals surface area contributed by atoms with Gasteiger partial charge in [-0.1, -0.05) is 297 Å². The summed E-state index contributed by atoms with van der Waals surface area (Å²) in [5, 5.41) is 0. The number of unbranched alkanes of at least 4 members (excludes halogenated alkanes) is 46. The van der Waals surface area contributed by atoms with Gasteiger partial charge in [-0.2, -0.15) is 0 Å². The molecule has 0 fully saturated rings. The van der Waals surface area contributed by atoms with Gasteiger partial charge in [-0.3, -0.25) is 0 Å². The van der Waals surface area contributed by atoms with Crippen molar-refractivity contribution in [1.82, 2.24) is 0 Å². The number of rotatable bonds is 54. The number of nitrogens with zero attached hydrogens (tertiary/aromatic N) is 1. The Bertz CT molecular complexity index is 650. The standard InChI is InChI=1S/C58H120N/c1-5-9-13-17-21-25-29-30-31-32-33-34-38-42-46-50-54-58-59(55-51-47-43-39-35-26-22-18-14-10-6-2,56-52-48-44-40-36-27-23-19-15-11-7-3)57-53-49-45-41-37-28-24-20-16-12-8-4/h5-58H2,1-4H3/q+1. The highest BCUT2D eigenvalue weighted by Gasteiger charge is 2.25. The Morgan fingerprint density at radius 3 is 0.356 bits per heavy atom. The normalized spacial score (nSPS) is 12.0. The maximum Gasteiger partial charge on any atom is 0.0786 e. The van der Waals surface area contributed by atoms with Gasteiger partial charge in [0.25, 0.3) is 0 Å². The van der Waals surface area contributed by atoms with Crippen LogP contribution in [-0.4, -0.2) is 30.7 Å². The molecule has 1 nitrogen and oxygen atoms in total. The fourth-order valence-electron chi connectivity index (χ4n) is 10.2. The van der Waals surface area contributed by atoms with Gasteiger partial charge >= 0.3 is 0 Å². The minimum Gasteiger partial charge on any atom is -0.324 e. The predicted octanol–water partition coefficient (Wildman–Crippen LogP) is 21.4. The zero-order valence-corrected chi connectivity index (χ0v) is 42.6. The van der Waals surface area contributed by atoms with Crippen molar-refractivity contribution in [1.29, 1.82) is 0 Å². The minimum atomic E-state index is 1.37. The molecule has 0 aliphatic carbocycles. The molecule has 0 spiro atoms. The van der Waals surface area contributed by atoms with Crippen molar-refractivity contribution >= 4 is 0 Å². The topological polar surface area (TPSA) is 0 Å². The van der Waals surface area contributed by atoms with Crippen molar-refractivity contribution in [3.63, 3.8) is 0 Å². The maximum absolute atomic E-state index is 2.34. The highest BCUT2D eigenvalue weighted by Crippen LogP contribution is 2.22. The summed E-state index contributed by atoms with van der Waals surface area (Å²) in [5.41, 5.74) is 0. The van der Waals surface area contributed by atoms with E-state index in [1.807, 2.05) is 0 Å². The third-order valence-corrected chi connectivity index (χ3v) is 14.4. The summed E-state index contributed by atoms with van der Waals surface area (Å²) >= 11 is 0. The van der Waals surface area contributed by atoms with Crippen molar-refractivity contribution < 1.29 is 4.48 Å². The molecule has 0 atom stereocenters. The van der Waals surface area contributed by atoms with Crippen LogP contribution >= 0.6 is 0 Å². The van der Waals surface area contributed by atoms with Crippen molar-refractivity contribution in [3.8, 4) is 0 Å². The van der Waals surface area contributed by atoms with Crippen LogP contribution in [-0.2, 0) is 0 Å². The first-order valence-corrected chi connectivity index (χ1v) is 29.1. The monoisotopic (exact) mass is 831 g/mol. The quantitative estimate of drug-likeness (QED) is 0.0423. The maximum atomic E-state index is 2.34. The van der Waals surface area contributed by atoms with Crippen LogP contribution in [0.5, 0.6) is 0 Å². The molecule has 0 bridgehead atoms. The molecule has 1 heteroatoms. The van der Waals surface area contributed by atoms with Gasteiger partial charge in [0.15, 0.2) is 0 Å². The van der Waals surface area contributed by atoms with E-state index in [0.717, 1.165) is 0 Å². The van der Waals surface area contributed by atoms with Crippen LogP contribution < -0.4 is 0 Å². The molecule has 0 aliphatic heterocycles. The summed E-state index contributed by atoms with van der Waals surface area (Å²) in [7, 11) is 0. The van der Waals surface area contributed by atoms with Crippen molar-refractivity contribution in [2.75, 3.05) is 26.2 Å². The van der Waals surface area contributed by atoms with E-state index >= 15 is 0 Å². The Morgan fingerprint density at radius 2 is 0.237 bits per heavy atom. The molecular weight excluding hydrogens is 711 g/mol. The van der Waals surface area contributed by atoms with Crippen LogP contribution in [0.2, 0.25) is 0 Å². The number of hydrogen-bond donors (Lipinski definition) is 0. The molecule has 356 valence electrons. The largest absolute Gasteiger partial charge is 0.324 e. The molecule has 0 unspecified atom stereocenters. The molecule has 0 aromatic rings. The zero-order chi connectivity index (χ0) is 42.7. The second-order valence-electron chi connectivity index (χ2n) is 20.5. The molecule has 0 aliphatic rings. The molecule has 0 N–H and O–H groups in total. The van der Waals surface area contributed by atoms with E-state index in [9.17, 15) is 0 Å². The van der Waals surface area contributed by atoms with E-state index in [1.165, 1.54) is 352 Å². The molecule has 0 saturated carbocycles. The predicted molar refractivity (Wildman–Crippen MR) is 273 cm³/mol. The van der Waals surface area contributed by atoms with Crippen LogP contribution in [0.15, 0.2) is 0 Å². The van der Waals surface area contributed by atoms with Gasteiger partial charge in [-0.25, -0.2) is 0 Å². The van der Waals surface area contributed by atoms with Gasteiger partial charge < -0.3 is 4.48 Å². The molecular formula is C58H120N+. The molecule has 0 saturated heterocycles. The van der Waals surface area contributed by atoms with Gasteiger partial charge in [0.1, 0.15) is 0 Å². The molecule has 59 heavy (non-hydrogen) atoms. The highest BCUT2D eigenvalue weighted by atomic mass is 15.3. The smallest absolute Gasteiger partial charge is 0.0786 e. The average molecular weight is 832 g/mol. The Labute approximate surface area is 378 Å². The fourth-order valence-corrected chi connectivity index (χ4v) is 10.2. The molecule has 0 heterocycles. The van der Waals surface area contributed by atoms with Gasteiger partial charge in [-0.15, -0.1) is 0 Å². The van der Waals surface area contributed by atoms with Crippen LogP contribution in [0.25, 0.3) is 0 Å². The fraction of sp³-hybridized carbons (Fsp3) is 1.00. The first-order chi connectivity index (χ1) is 29.2. The Hall–Kier alpha value is -0.0400. The molecule has 0 aromatic carbocycles.